The Balaban J connectivity index is 1.35. The number of aromatic nitrogens is 5. The van der Waals surface area contributed by atoms with Gasteiger partial charge in [0.25, 0.3) is 5.91 Å². The minimum atomic E-state index is -0.0935. The fraction of sp³-hybridized carbons (Fsp3) is 0.263. The Morgan fingerprint density at radius 2 is 1.82 bits per heavy atom. The van der Waals surface area contributed by atoms with Crippen LogP contribution in [0.1, 0.15) is 16.1 Å². The van der Waals surface area contributed by atoms with Crippen LogP contribution in [0.4, 0.5) is 17.5 Å². The molecule has 1 N–H and O–H groups in total. The maximum Gasteiger partial charge on any atom is 0.274 e. The molecule has 4 rings (SSSR count). The highest BCUT2D eigenvalue weighted by atomic mass is 16.2. The molecule has 1 amide bonds. The number of pyridine rings is 1. The second kappa shape index (κ2) is 7.95. The van der Waals surface area contributed by atoms with Crippen LogP contribution in [0.2, 0.25) is 0 Å². The van der Waals surface area contributed by atoms with Crippen LogP contribution in [0.3, 0.4) is 0 Å². The van der Waals surface area contributed by atoms with Crippen molar-refractivity contribution in [1.29, 1.82) is 0 Å². The van der Waals surface area contributed by atoms with Crippen LogP contribution in [-0.2, 0) is 0 Å². The van der Waals surface area contributed by atoms with Crippen LogP contribution in [0.15, 0.2) is 49.1 Å². The van der Waals surface area contributed by atoms with Crippen molar-refractivity contribution < 1.29 is 4.79 Å². The van der Waals surface area contributed by atoms with E-state index < -0.39 is 0 Å². The summed E-state index contributed by atoms with van der Waals surface area (Å²) < 4.78 is 0. The van der Waals surface area contributed by atoms with Crippen molar-refractivity contribution in [3.63, 3.8) is 0 Å². The minimum absolute atomic E-state index is 0.0935. The molecule has 3 aromatic heterocycles. The Kier molecular flexibility index (Phi) is 5.05. The fourth-order valence-electron chi connectivity index (χ4n) is 3.01. The van der Waals surface area contributed by atoms with E-state index in [0.717, 1.165) is 17.2 Å². The lowest BCUT2D eigenvalue weighted by molar-refractivity contribution is 0.0740. The average Bonchev–Trinajstić information content (AvgIpc) is 2.75. The van der Waals surface area contributed by atoms with Crippen LogP contribution in [0.5, 0.6) is 0 Å². The molecule has 142 valence electrons. The van der Waals surface area contributed by atoms with E-state index in [4.69, 9.17) is 0 Å². The second-order valence-electron chi connectivity index (χ2n) is 6.49. The molecular weight excluding hydrogens is 356 g/mol. The quantitative estimate of drug-likeness (QED) is 0.734. The molecular formula is C19H20N8O. The number of piperazine rings is 1. The molecule has 9 nitrogen and oxygen atoms in total. The number of carbonyl (C=O) groups is 1. The number of aryl methyl sites for hydroxylation is 1. The van der Waals surface area contributed by atoms with Gasteiger partial charge in [0.2, 0.25) is 0 Å². The Labute approximate surface area is 162 Å². The number of anilines is 3. The fourth-order valence-corrected chi connectivity index (χ4v) is 3.01. The number of hydrogen-bond acceptors (Lipinski definition) is 8. The third-order valence-electron chi connectivity index (χ3n) is 4.50. The molecule has 0 spiro atoms. The van der Waals surface area contributed by atoms with E-state index in [2.05, 4.69) is 35.4 Å². The predicted molar refractivity (Wildman–Crippen MR) is 104 cm³/mol. The van der Waals surface area contributed by atoms with E-state index in [1.807, 2.05) is 31.2 Å². The van der Waals surface area contributed by atoms with Gasteiger partial charge < -0.3 is 15.1 Å². The van der Waals surface area contributed by atoms with Gasteiger partial charge in [0, 0.05) is 44.8 Å². The first-order valence-corrected chi connectivity index (χ1v) is 9.03. The van der Waals surface area contributed by atoms with Crippen molar-refractivity contribution in [2.75, 3.05) is 36.4 Å². The summed E-state index contributed by atoms with van der Waals surface area (Å²) >= 11 is 0. The maximum absolute atomic E-state index is 12.4. The minimum Gasteiger partial charge on any atom is -0.352 e. The van der Waals surface area contributed by atoms with E-state index in [1.54, 1.807) is 17.3 Å². The Bertz CT molecular complexity index is 940. The summed E-state index contributed by atoms with van der Waals surface area (Å²) in [6.45, 7) is 4.59. The molecule has 0 radical (unpaired) electrons. The lowest BCUT2D eigenvalue weighted by atomic mass is 10.2. The molecule has 1 aliphatic rings. The van der Waals surface area contributed by atoms with Gasteiger partial charge in [0.15, 0.2) is 11.6 Å². The van der Waals surface area contributed by atoms with Gasteiger partial charge in [-0.25, -0.2) is 9.97 Å². The van der Waals surface area contributed by atoms with E-state index >= 15 is 0 Å². The second-order valence-corrected chi connectivity index (χ2v) is 6.49. The molecule has 28 heavy (non-hydrogen) atoms. The molecule has 0 aliphatic carbocycles. The van der Waals surface area contributed by atoms with Gasteiger partial charge in [0.1, 0.15) is 11.5 Å². The number of hydrogen-bond donors (Lipinski definition) is 1. The van der Waals surface area contributed by atoms with Gasteiger partial charge in [-0.15, -0.1) is 10.2 Å². The summed E-state index contributed by atoms with van der Waals surface area (Å²) in [6, 6.07) is 7.69. The third kappa shape index (κ3) is 4.03. The number of nitrogens with one attached hydrogen (secondary N) is 1. The first kappa shape index (κ1) is 17.8. The van der Waals surface area contributed by atoms with E-state index in [9.17, 15) is 4.79 Å². The summed E-state index contributed by atoms with van der Waals surface area (Å²) in [5.74, 6) is 2.06. The molecule has 4 heterocycles. The van der Waals surface area contributed by atoms with E-state index in [-0.39, 0.29) is 5.91 Å². The van der Waals surface area contributed by atoms with Crippen molar-refractivity contribution in [2.45, 2.75) is 6.92 Å². The zero-order valence-corrected chi connectivity index (χ0v) is 15.5. The zero-order chi connectivity index (χ0) is 19.3. The lowest BCUT2D eigenvalue weighted by Crippen LogP contribution is -2.49. The van der Waals surface area contributed by atoms with Gasteiger partial charge in [-0.3, -0.25) is 9.78 Å². The van der Waals surface area contributed by atoms with E-state index in [1.165, 1.54) is 12.4 Å². The standard InChI is InChI=1S/C19H20N8O/c1-14-4-5-22-17(12-14)23-16-2-3-18(25-24-16)26-8-10-27(11-9-26)19(28)15-13-20-6-7-21-15/h2-7,12-13H,8-11H2,1H3,(H,22,23,24). The van der Waals surface area contributed by atoms with Crippen molar-refractivity contribution in [3.05, 3.63) is 60.3 Å². The molecule has 9 heteroatoms. The van der Waals surface area contributed by atoms with Crippen molar-refractivity contribution in [1.82, 2.24) is 30.0 Å². The molecule has 0 atom stereocenters. The summed E-state index contributed by atoms with van der Waals surface area (Å²) in [5, 5.41) is 11.7. The summed E-state index contributed by atoms with van der Waals surface area (Å²) in [6.07, 6.45) is 6.33. The summed E-state index contributed by atoms with van der Waals surface area (Å²) in [7, 11) is 0. The first-order valence-electron chi connectivity index (χ1n) is 9.03. The molecule has 1 fully saturated rings. The highest BCUT2D eigenvalue weighted by Gasteiger charge is 2.23. The Morgan fingerprint density at radius 3 is 2.50 bits per heavy atom. The SMILES string of the molecule is Cc1ccnc(Nc2ccc(N3CCN(C(=O)c4cnccn4)CC3)nn2)c1. The number of nitrogens with zero attached hydrogens (tertiary/aromatic N) is 7. The first-order chi connectivity index (χ1) is 13.7. The molecule has 0 aromatic carbocycles. The van der Waals surface area contributed by atoms with Crippen LogP contribution >= 0.6 is 0 Å². The van der Waals surface area contributed by atoms with Crippen LogP contribution in [0, 0.1) is 6.92 Å². The van der Waals surface area contributed by atoms with Crippen LogP contribution in [-0.4, -0.2) is 62.1 Å². The number of rotatable bonds is 4. The highest BCUT2D eigenvalue weighted by molar-refractivity contribution is 5.92. The zero-order valence-electron chi connectivity index (χ0n) is 15.5. The van der Waals surface area contributed by atoms with E-state index in [0.29, 0.717) is 37.7 Å². The highest BCUT2D eigenvalue weighted by Crippen LogP contribution is 2.17. The van der Waals surface area contributed by atoms with Gasteiger partial charge in [0.05, 0.1) is 6.20 Å². The van der Waals surface area contributed by atoms with Gasteiger partial charge in [-0.05, 0) is 36.8 Å². The number of amides is 1. The van der Waals surface area contributed by atoms with Crippen molar-refractivity contribution >= 4 is 23.4 Å². The van der Waals surface area contributed by atoms with Crippen LogP contribution in [0.25, 0.3) is 0 Å². The Hall–Kier alpha value is -3.62. The van der Waals surface area contributed by atoms with Gasteiger partial charge >= 0.3 is 0 Å². The number of carbonyl (C=O) groups excluding carboxylic acids is 1. The maximum atomic E-state index is 12.4. The average molecular weight is 376 g/mol. The third-order valence-corrected chi connectivity index (χ3v) is 4.50. The topological polar surface area (TPSA) is 100 Å². The lowest BCUT2D eigenvalue weighted by Gasteiger charge is -2.34. The molecule has 1 aliphatic heterocycles. The van der Waals surface area contributed by atoms with Crippen LogP contribution < -0.4 is 10.2 Å². The monoisotopic (exact) mass is 376 g/mol. The molecule has 3 aromatic rings. The predicted octanol–water partition coefficient (Wildman–Crippen LogP) is 1.68. The largest absolute Gasteiger partial charge is 0.352 e. The molecule has 0 bridgehead atoms. The summed E-state index contributed by atoms with van der Waals surface area (Å²) in [4.78, 5) is 28.6. The smallest absolute Gasteiger partial charge is 0.274 e. The molecule has 0 saturated carbocycles. The molecule has 0 unspecified atom stereocenters. The van der Waals surface area contributed by atoms with Crippen molar-refractivity contribution in [2.24, 2.45) is 0 Å². The molecule has 1 saturated heterocycles. The van der Waals surface area contributed by atoms with Gasteiger partial charge in [-0.1, -0.05) is 0 Å². The Morgan fingerprint density at radius 1 is 0.964 bits per heavy atom. The van der Waals surface area contributed by atoms with Gasteiger partial charge in [-0.2, -0.15) is 0 Å². The normalized spacial score (nSPS) is 14.0. The van der Waals surface area contributed by atoms with Crippen molar-refractivity contribution in [3.8, 4) is 0 Å². The summed E-state index contributed by atoms with van der Waals surface area (Å²) in [5.41, 5.74) is 1.49.